The number of likely N-dealkylation sites (N-methyl/N-ethyl adjacent to an activating group) is 1. The number of hydrogen-bond donors (Lipinski definition) is 1. The first-order valence-electron chi connectivity index (χ1n) is 11.6. The summed E-state index contributed by atoms with van der Waals surface area (Å²) >= 11 is 0. The van der Waals surface area contributed by atoms with E-state index in [0.29, 0.717) is 40.8 Å². The summed E-state index contributed by atoms with van der Waals surface area (Å²) in [6.07, 6.45) is 3.37. The van der Waals surface area contributed by atoms with Crippen molar-refractivity contribution in [3.63, 3.8) is 0 Å². The van der Waals surface area contributed by atoms with Gasteiger partial charge in [0.2, 0.25) is 12.7 Å². The maximum Gasteiger partial charge on any atom is 0.339 e. The summed E-state index contributed by atoms with van der Waals surface area (Å²) in [5.74, 6) is 0.0201. The first kappa shape index (κ1) is 23.3. The number of carbonyl (C=O) groups is 3. The van der Waals surface area contributed by atoms with Crippen molar-refractivity contribution in [1.82, 2.24) is 15.2 Å². The van der Waals surface area contributed by atoms with Gasteiger partial charge in [-0.2, -0.15) is 0 Å². The molecule has 0 unspecified atom stereocenters. The number of hydrogen-bond acceptors (Lipinski definition) is 7. The number of fused-ring (bicyclic) bond motifs is 3. The van der Waals surface area contributed by atoms with Gasteiger partial charge in [-0.25, -0.2) is 9.78 Å². The van der Waals surface area contributed by atoms with Crippen molar-refractivity contribution in [2.75, 3.05) is 34.0 Å². The summed E-state index contributed by atoms with van der Waals surface area (Å²) in [4.78, 5) is 43.2. The molecule has 5 rings (SSSR count). The molecule has 0 saturated heterocycles. The highest BCUT2D eigenvalue weighted by molar-refractivity contribution is 6.07. The molecule has 3 aromatic rings. The summed E-state index contributed by atoms with van der Waals surface area (Å²) in [6, 6.07) is 13.1. The lowest BCUT2D eigenvalue weighted by Gasteiger charge is -2.13. The number of ether oxygens (including phenoxy) is 3. The molecule has 9 heteroatoms. The van der Waals surface area contributed by atoms with E-state index in [1.807, 2.05) is 48.5 Å². The number of amides is 2. The molecule has 36 heavy (non-hydrogen) atoms. The van der Waals surface area contributed by atoms with Crippen LogP contribution in [0.1, 0.15) is 33.6 Å². The molecule has 1 N–H and O–H groups in total. The van der Waals surface area contributed by atoms with Crippen LogP contribution in [0.5, 0.6) is 11.5 Å². The van der Waals surface area contributed by atoms with E-state index in [2.05, 4.69) is 5.32 Å². The van der Waals surface area contributed by atoms with Crippen molar-refractivity contribution in [3.8, 4) is 11.5 Å². The molecule has 9 nitrogen and oxygen atoms in total. The smallest absolute Gasteiger partial charge is 0.339 e. The van der Waals surface area contributed by atoms with Crippen LogP contribution in [0, 0.1) is 0 Å². The van der Waals surface area contributed by atoms with Gasteiger partial charge in [0, 0.05) is 19.5 Å². The highest BCUT2D eigenvalue weighted by atomic mass is 16.7. The second kappa shape index (κ2) is 9.69. The van der Waals surface area contributed by atoms with Crippen LogP contribution in [0.15, 0.2) is 42.5 Å². The maximum absolute atomic E-state index is 13.2. The second-order valence-electron chi connectivity index (χ2n) is 8.75. The Hall–Kier alpha value is -4.40. The third kappa shape index (κ3) is 4.59. The van der Waals surface area contributed by atoms with Gasteiger partial charge < -0.3 is 24.4 Å². The lowest BCUT2D eigenvalue weighted by molar-refractivity contribution is -0.131. The van der Waals surface area contributed by atoms with Crippen molar-refractivity contribution in [1.29, 1.82) is 0 Å². The molecule has 0 atom stereocenters. The maximum atomic E-state index is 13.2. The minimum Gasteiger partial charge on any atom is -0.454 e. The van der Waals surface area contributed by atoms with E-state index >= 15 is 0 Å². The molecule has 1 aromatic heterocycles. The molecule has 0 radical (unpaired) electrons. The Balaban J connectivity index is 1.41. The van der Waals surface area contributed by atoms with Crippen molar-refractivity contribution < 1.29 is 28.6 Å². The van der Waals surface area contributed by atoms with Crippen LogP contribution in [-0.2, 0) is 20.7 Å². The topological polar surface area (TPSA) is 107 Å². The van der Waals surface area contributed by atoms with E-state index in [4.69, 9.17) is 19.2 Å². The lowest BCUT2D eigenvalue weighted by atomic mass is 10.0. The van der Waals surface area contributed by atoms with Crippen LogP contribution in [0.2, 0.25) is 0 Å². The van der Waals surface area contributed by atoms with Crippen LogP contribution in [-0.4, -0.2) is 61.7 Å². The van der Waals surface area contributed by atoms with Gasteiger partial charge in [0.05, 0.1) is 23.3 Å². The number of carbonyl (C=O) groups excluding carboxylic acids is 3. The molecule has 1 aliphatic carbocycles. The van der Waals surface area contributed by atoms with Crippen LogP contribution in [0.4, 0.5) is 0 Å². The van der Waals surface area contributed by atoms with Crippen molar-refractivity contribution >= 4 is 40.3 Å². The molecule has 2 aromatic carbocycles. The van der Waals surface area contributed by atoms with Gasteiger partial charge in [-0.3, -0.25) is 9.59 Å². The zero-order chi connectivity index (χ0) is 25.2. The Kier molecular flexibility index (Phi) is 6.28. The number of benzene rings is 2. The Morgan fingerprint density at radius 3 is 2.72 bits per heavy atom. The van der Waals surface area contributed by atoms with Crippen LogP contribution < -0.4 is 14.8 Å². The van der Waals surface area contributed by atoms with E-state index in [1.54, 1.807) is 14.1 Å². The van der Waals surface area contributed by atoms with Gasteiger partial charge >= 0.3 is 5.97 Å². The molecule has 0 fully saturated rings. The molecule has 2 aliphatic rings. The second-order valence-corrected chi connectivity index (χ2v) is 8.75. The predicted octanol–water partition coefficient (Wildman–Crippen LogP) is 2.81. The van der Waals surface area contributed by atoms with Crippen LogP contribution in [0.3, 0.4) is 0 Å². The highest BCUT2D eigenvalue weighted by Gasteiger charge is 2.28. The molecular formula is C27H25N3O6. The fourth-order valence-electron chi connectivity index (χ4n) is 4.30. The number of nitrogens with one attached hydrogen (secondary N) is 1. The van der Waals surface area contributed by atoms with E-state index < -0.39 is 18.5 Å². The van der Waals surface area contributed by atoms with Crippen molar-refractivity contribution in [2.24, 2.45) is 0 Å². The summed E-state index contributed by atoms with van der Waals surface area (Å²) in [6.45, 7) is -0.434. The minimum absolute atomic E-state index is 0.162. The Morgan fingerprint density at radius 1 is 1.08 bits per heavy atom. The van der Waals surface area contributed by atoms with Gasteiger partial charge in [0.1, 0.15) is 0 Å². The first-order chi connectivity index (χ1) is 17.4. The normalized spacial score (nSPS) is 14.6. The zero-order valence-electron chi connectivity index (χ0n) is 20.0. The molecule has 0 bridgehead atoms. The Morgan fingerprint density at radius 2 is 1.89 bits per heavy atom. The molecule has 0 spiro atoms. The highest BCUT2D eigenvalue weighted by Crippen LogP contribution is 2.39. The molecule has 1 aliphatic heterocycles. The number of para-hydroxylation sites is 1. The van der Waals surface area contributed by atoms with Gasteiger partial charge in [-0.05, 0) is 53.8 Å². The monoisotopic (exact) mass is 487 g/mol. The van der Waals surface area contributed by atoms with E-state index in [0.717, 1.165) is 22.4 Å². The van der Waals surface area contributed by atoms with Crippen LogP contribution in [0.25, 0.3) is 22.6 Å². The van der Waals surface area contributed by atoms with Gasteiger partial charge in [0.25, 0.3) is 5.91 Å². The number of aromatic nitrogens is 1. The summed E-state index contributed by atoms with van der Waals surface area (Å²) < 4.78 is 16.2. The Labute approximate surface area is 207 Å². The third-order valence-corrected chi connectivity index (χ3v) is 6.15. The largest absolute Gasteiger partial charge is 0.454 e. The number of allylic oxidation sites excluding steroid dienone is 1. The molecule has 2 amide bonds. The predicted molar refractivity (Wildman–Crippen MR) is 132 cm³/mol. The van der Waals surface area contributed by atoms with Crippen molar-refractivity contribution in [3.05, 3.63) is 64.8 Å². The van der Waals surface area contributed by atoms with E-state index in [9.17, 15) is 14.4 Å². The van der Waals surface area contributed by atoms with Gasteiger partial charge in [0.15, 0.2) is 18.1 Å². The molecule has 184 valence electrons. The van der Waals surface area contributed by atoms with E-state index in [1.165, 1.54) is 4.90 Å². The summed E-state index contributed by atoms with van der Waals surface area (Å²) in [7, 11) is 3.19. The fourth-order valence-corrected chi connectivity index (χ4v) is 4.30. The Bertz CT molecular complexity index is 1410. The molecular weight excluding hydrogens is 462 g/mol. The quantitative estimate of drug-likeness (QED) is 0.533. The van der Waals surface area contributed by atoms with E-state index in [-0.39, 0.29) is 19.2 Å². The number of rotatable bonds is 6. The summed E-state index contributed by atoms with van der Waals surface area (Å²) in [5, 5.41) is 3.14. The third-order valence-electron chi connectivity index (χ3n) is 6.15. The SMILES string of the molecule is CN(C)C(=O)CNC(=O)COC(=O)c1c2c(nc3ccccc13)/C(=C\c1ccc3c(c1)OCO3)CC2. The van der Waals surface area contributed by atoms with Gasteiger partial charge in [-0.15, -0.1) is 0 Å². The minimum atomic E-state index is -0.594. The lowest BCUT2D eigenvalue weighted by Crippen LogP contribution is -2.38. The number of pyridine rings is 1. The fraction of sp³-hybridized carbons (Fsp3) is 0.259. The zero-order valence-corrected chi connectivity index (χ0v) is 20.0. The van der Waals surface area contributed by atoms with Crippen molar-refractivity contribution in [2.45, 2.75) is 12.8 Å². The number of esters is 1. The van der Waals surface area contributed by atoms with Gasteiger partial charge in [-0.1, -0.05) is 24.3 Å². The summed E-state index contributed by atoms with van der Waals surface area (Å²) in [5.41, 5.74) is 4.59. The van der Waals surface area contributed by atoms with Crippen LogP contribution >= 0.6 is 0 Å². The standard InChI is InChI=1S/C27H25N3O6/c1-30(2)24(32)13-28-23(31)14-34-27(33)25-18-5-3-4-6-20(18)29-26-17(8-9-19(25)26)11-16-7-10-21-22(12-16)36-15-35-21/h3-7,10-12H,8-9,13-15H2,1-2H3,(H,28,31)/b17-11-. The average molecular weight is 488 g/mol. The number of nitrogens with zero attached hydrogens (tertiary/aromatic N) is 2. The first-order valence-corrected chi connectivity index (χ1v) is 11.6. The molecule has 2 heterocycles. The molecule has 0 saturated carbocycles. The average Bonchev–Trinajstić information content (AvgIpc) is 3.51.